The number of ether oxygens (including phenoxy) is 1. The number of fused-ring (bicyclic) bond motifs is 2. The van der Waals surface area contributed by atoms with E-state index >= 15 is 0 Å². The summed E-state index contributed by atoms with van der Waals surface area (Å²) < 4.78 is 99.4. The molecule has 0 bridgehead atoms. The second-order valence-corrected chi connectivity index (χ2v) is 11.5. The average Bonchev–Trinajstić information content (AvgIpc) is 3.72. The molecule has 2 atom stereocenters. The summed E-state index contributed by atoms with van der Waals surface area (Å²) in [6, 6.07) is 9.16. The zero-order chi connectivity index (χ0) is 33.0. The number of carbonyl (C=O) groups is 2. The summed E-state index contributed by atoms with van der Waals surface area (Å²) in [5.74, 6) is -3.34. The number of nitrogens with one attached hydrogen (secondary N) is 3. The molecule has 4 aromatic rings. The van der Waals surface area contributed by atoms with Crippen LogP contribution >= 0.6 is 11.3 Å². The van der Waals surface area contributed by atoms with Gasteiger partial charge in [0.25, 0.3) is 11.8 Å². The van der Waals surface area contributed by atoms with Gasteiger partial charge in [0.1, 0.15) is 22.5 Å². The smallest absolute Gasteiger partial charge is 0.419 e. The highest BCUT2D eigenvalue weighted by Crippen LogP contribution is 2.41. The molecule has 46 heavy (non-hydrogen) atoms. The number of anilines is 2. The first-order valence-corrected chi connectivity index (χ1v) is 14.3. The molecule has 2 unspecified atom stereocenters. The number of methoxy groups -OCH3 is 1. The fourth-order valence-electron chi connectivity index (χ4n) is 5.29. The average molecular weight is 667 g/mol. The predicted octanol–water partition coefficient (Wildman–Crippen LogP) is 6.91. The number of hydrogen-bond acceptors (Lipinski definition) is 7. The molecule has 1 aromatic heterocycles. The largest absolute Gasteiger partial charge is 0.496 e. The molecule has 0 radical (unpaired) electrons. The molecule has 6 rings (SSSR count). The maximum absolute atomic E-state index is 13.8. The lowest BCUT2D eigenvalue weighted by molar-refractivity contribution is -0.140. The van der Waals surface area contributed by atoms with E-state index in [2.05, 4.69) is 21.1 Å². The number of alkyl halides is 6. The standard InChI is InChI=1S/C30H21F7N4O4S/c1-44-21-7-2-13(24-18-11-38-12-22(18)45-41-24)8-17(21)27(42)40-25-16-5-3-14(29(32,33)34)9-23(16)46-26(25)28(43)39-15-4-6-20(31)19(10-15)30(35,36)37/h2-10,18,22,38H,11-12H2,1H3,(H,39,43)(H,40,42). The van der Waals surface area contributed by atoms with Gasteiger partial charge in [-0.3, -0.25) is 9.59 Å². The maximum atomic E-state index is 13.8. The summed E-state index contributed by atoms with van der Waals surface area (Å²) in [5, 5.41) is 12.2. The highest BCUT2D eigenvalue weighted by Gasteiger charge is 2.39. The third-order valence-corrected chi connectivity index (χ3v) is 8.68. The summed E-state index contributed by atoms with van der Waals surface area (Å²) in [7, 11) is 1.33. The number of carbonyl (C=O) groups excluding carboxylic acids is 2. The van der Waals surface area contributed by atoms with Gasteiger partial charge in [-0.1, -0.05) is 11.2 Å². The molecule has 0 spiro atoms. The van der Waals surface area contributed by atoms with Crippen LogP contribution in [0.1, 0.15) is 36.7 Å². The first-order valence-electron chi connectivity index (χ1n) is 13.5. The van der Waals surface area contributed by atoms with E-state index in [-0.39, 0.29) is 44.0 Å². The van der Waals surface area contributed by atoms with E-state index in [0.29, 0.717) is 47.8 Å². The molecule has 2 aliphatic heterocycles. The molecule has 1 saturated heterocycles. The molecule has 0 saturated carbocycles. The summed E-state index contributed by atoms with van der Waals surface area (Å²) in [6.07, 6.45) is -9.95. The van der Waals surface area contributed by atoms with E-state index in [1.54, 1.807) is 6.07 Å². The van der Waals surface area contributed by atoms with Crippen molar-refractivity contribution in [2.75, 3.05) is 30.8 Å². The number of oxime groups is 1. The van der Waals surface area contributed by atoms with E-state index in [4.69, 9.17) is 9.57 Å². The minimum absolute atomic E-state index is 0.00285. The molecule has 8 nitrogen and oxygen atoms in total. The van der Waals surface area contributed by atoms with E-state index < -0.39 is 46.8 Å². The van der Waals surface area contributed by atoms with Crippen LogP contribution < -0.4 is 20.7 Å². The van der Waals surface area contributed by atoms with Gasteiger partial charge < -0.3 is 25.5 Å². The summed E-state index contributed by atoms with van der Waals surface area (Å²) in [6.45, 7) is 1.21. The Labute approximate surface area is 259 Å². The number of hydrogen-bond donors (Lipinski definition) is 3. The maximum Gasteiger partial charge on any atom is 0.419 e. The number of thiophene rings is 1. The molecule has 1 fully saturated rings. The van der Waals surface area contributed by atoms with Crippen LogP contribution in [-0.4, -0.2) is 43.8 Å². The van der Waals surface area contributed by atoms with Gasteiger partial charge in [0.2, 0.25) is 0 Å². The van der Waals surface area contributed by atoms with Gasteiger partial charge >= 0.3 is 12.4 Å². The van der Waals surface area contributed by atoms with Crippen LogP contribution in [0.4, 0.5) is 42.1 Å². The third kappa shape index (κ3) is 5.85. The van der Waals surface area contributed by atoms with Crippen LogP contribution in [0.3, 0.4) is 0 Å². The van der Waals surface area contributed by atoms with Gasteiger partial charge in [-0.15, -0.1) is 11.3 Å². The molecule has 16 heteroatoms. The quantitative estimate of drug-likeness (QED) is 0.194. The molecule has 0 aliphatic carbocycles. The predicted molar refractivity (Wildman–Crippen MR) is 155 cm³/mol. The second kappa shape index (κ2) is 11.6. The van der Waals surface area contributed by atoms with Crippen LogP contribution in [0.2, 0.25) is 0 Å². The molecular formula is C30H21F7N4O4S. The van der Waals surface area contributed by atoms with Gasteiger partial charge in [-0.2, -0.15) is 26.3 Å². The zero-order valence-corrected chi connectivity index (χ0v) is 24.2. The zero-order valence-electron chi connectivity index (χ0n) is 23.4. The van der Waals surface area contributed by atoms with Crippen LogP contribution in [-0.2, 0) is 17.2 Å². The number of amides is 2. The van der Waals surface area contributed by atoms with Crippen molar-refractivity contribution in [1.29, 1.82) is 0 Å². The monoisotopic (exact) mass is 666 g/mol. The van der Waals surface area contributed by atoms with Gasteiger partial charge in [-0.05, 0) is 48.5 Å². The molecule has 2 amide bonds. The Kier molecular flexibility index (Phi) is 7.88. The Hall–Kier alpha value is -4.70. The van der Waals surface area contributed by atoms with Crippen molar-refractivity contribution in [3.8, 4) is 5.75 Å². The van der Waals surface area contributed by atoms with Gasteiger partial charge in [0, 0.05) is 34.4 Å². The van der Waals surface area contributed by atoms with Crippen LogP contribution in [0, 0.1) is 11.7 Å². The van der Waals surface area contributed by atoms with Crippen molar-refractivity contribution in [3.05, 3.63) is 87.5 Å². The van der Waals surface area contributed by atoms with E-state index in [1.807, 2.05) is 0 Å². The number of halogens is 7. The van der Waals surface area contributed by atoms with E-state index in [1.165, 1.54) is 19.2 Å². The van der Waals surface area contributed by atoms with Crippen molar-refractivity contribution >= 4 is 50.3 Å². The Morgan fingerprint density at radius 3 is 2.46 bits per heavy atom. The lowest BCUT2D eigenvalue weighted by Crippen LogP contribution is -2.22. The molecule has 3 aromatic carbocycles. The molecule has 3 N–H and O–H groups in total. The third-order valence-electron chi connectivity index (χ3n) is 7.53. The Morgan fingerprint density at radius 2 is 1.74 bits per heavy atom. The van der Waals surface area contributed by atoms with Crippen molar-refractivity contribution < 1.29 is 49.9 Å². The minimum atomic E-state index is -5.06. The normalized spacial score (nSPS) is 17.8. The Bertz CT molecular complexity index is 1900. The first kappa shape index (κ1) is 31.3. The topological polar surface area (TPSA) is 101 Å². The lowest BCUT2D eigenvalue weighted by atomic mass is 9.93. The highest BCUT2D eigenvalue weighted by molar-refractivity contribution is 7.21. The van der Waals surface area contributed by atoms with E-state index in [0.717, 1.165) is 24.3 Å². The van der Waals surface area contributed by atoms with E-state index in [9.17, 15) is 40.3 Å². The van der Waals surface area contributed by atoms with Crippen LogP contribution in [0.15, 0.2) is 59.8 Å². The lowest BCUT2D eigenvalue weighted by Gasteiger charge is -2.14. The second-order valence-electron chi connectivity index (χ2n) is 10.4. The Morgan fingerprint density at radius 1 is 0.957 bits per heavy atom. The number of benzene rings is 3. The number of nitrogens with zero attached hydrogens (tertiary/aromatic N) is 1. The SMILES string of the molecule is COc1ccc(C2=NOC3CNCC23)cc1C(=O)Nc1c(C(=O)Nc2ccc(F)c(C(F)(F)F)c2)sc2cc(C(F)(F)F)ccc12. The van der Waals surface area contributed by atoms with Gasteiger partial charge in [0.05, 0.1) is 41.1 Å². The first-order chi connectivity index (χ1) is 21.7. The summed E-state index contributed by atoms with van der Waals surface area (Å²) in [4.78, 5) is 32.3. The van der Waals surface area contributed by atoms with Gasteiger partial charge in [-0.25, -0.2) is 4.39 Å². The molecular weight excluding hydrogens is 645 g/mol. The van der Waals surface area contributed by atoms with Crippen molar-refractivity contribution in [2.45, 2.75) is 18.5 Å². The van der Waals surface area contributed by atoms with Gasteiger partial charge in [0.15, 0.2) is 0 Å². The fourth-order valence-corrected chi connectivity index (χ4v) is 6.38. The minimum Gasteiger partial charge on any atom is -0.496 e. The fraction of sp³-hybridized carbons (Fsp3) is 0.233. The van der Waals surface area contributed by atoms with Crippen LogP contribution in [0.5, 0.6) is 5.75 Å². The van der Waals surface area contributed by atoms with Crippen molar-refractivity contribution in [3.63, 3.8) is 0 Å². The summed E-state index contributed by atoms with van der Waals surface area (Å²) in [5.41, 5.74) is -2.11. The molecule has 3 heterocycles. The van der Waals surface area contributed by atoms with Crippen molar-refractivity contribution in [2.24, 2.45) is 11.1 Å². The molecule has 2 aliphatic rings. The van der Waals surface area contributed by atoms with Crippen LogP contribution in [0.25, 0.3) is 10.1 Å². The molecule has 240 valence electrons. The summed E-state index contributed by atoms with van der Waals surface area (Å²) >= 11 is 0.579. The Balaban J connectivity index is 1.38. The van der Waals surface area contributed by atoms with Crippen molar-refractivity contribution in [1.82, 2.24) is 5.32 Å². The number of rotatable bonds is 6. The highest BCUT2D eigenvalue weighted by atomic mass is 32.1.